The third kappa shape index (κ3) is 8.85. The highest BCUT2D eigenvalue weighted by Gasteiger charge is 1.99. The van der Waals surface area contributed by atoms with E-state index in [-0.39, 0.29) is 0 Å². The first-order valence-corrected chi connectivity index (χ1v) is 6.54. The van der Waals surface area contributed by atoms with Crippen molar-refractivity contribution in [3.63, 3.8) is 0 Å². The van der Waals surface area contributed by atoms with Gasteiger partial charge in [0.25, 0.3) is 0 Å². The summed E-state index contributed by atoms with van der Waals surface area (Å²) in [6.07, 6.45) is 7.63. The van der Waals surface area contributed by atoms with Gasteiger partial charge >= 0.3 is 0 Å². The quantitative estimate of drug-likeness (QED) is 0.335. The molecule has 1 N–H and O–H groups in total. The molecule has 0 rings (SSSR count). The fraction of sp³-hybridized carbons (Fsp3) is 0.462. The third-order valence-corrected chi connectivity index (χ3v) is 3.17. The van der Waals surface area contributed by atoms with Crippen LogP contribution in [0.25, 0.3) is 0 Å². The lowest BCUT2D eigenvalue weighted by Gasteiger charge is -2.06. The van der Waals surface area contributed by atoms with Crippen molar-refractivity contribution in [3.05, 3.63) is 33.5 Å². The molecule has 0 radical (unpaired) electrons. The van der Waals surface area contributed by atoms with Crippen LogP contribution in [0.4, 0.5) is 0 Å². The SMILES string of the molecule is C/C(=C\I)C/C(C)=C/C[C@H](O)C/C=C/C=O. The van der Waals surface area contributed by atoms with Crippen molar-refractivity contribution in [2.75, 3.05) is 0 Å². The average molecular weight is 334 g/mol. The van der Waals surface area contributed by atoms with Crippen molar-refractivity contribution >= 4 is 28.9 Å². The topological polar surface area (TPSA) is 37.3 Å². The van der Waals surface area contributed by atoms with Crippen molar-refractivity contribution in [2.24, 2.45) is 0 Å². The Morgan fingerprint density at radius 2 is 2.00 bits per heavy atom. The smallest absolute Gasteiger partial charge is 0.142 e. The van der Waals surface area contributed by atoms with Gasteiger partial charge in [-0.05, 0) is 43.3 Å². The second-order valence-electron chi connectivity index (χ2n) is 3.87. The minimum Gasteiger partial charge on any atom is -0.392 e. The number of carbonyl (C=O) groups is 1. The Bertz CT molecular complexity index is 290. The maximum absolute atomic E-state index is 10.0. The summed E-state index contributed by atoms with van der Waals surface area (Å²) in [5, 5.41) is 9.59. The number of halogens is 1. The molecule has 0 saturated carbocycles. The van der Waals surface area contributed by atoms with Crippen LogP contribution in [0.15, 0.2) is 33.5 Å². The summed E-state index contributed by atoms with van der Waals surface area (Å²) in [5.41, 5.74) is 2.59. The van der Waals surface area contributed by atoms with Crippen molar-refractivity contribution < 1.29 is 9.90 Å². The Labute approximate surface area is 111 Å². The van der Waals surface area contributed by atoms with Crippen LogP contribution in [0.5, 0.6) is 0 Å². The molecule has 0 aliphatic carbocycles. The van der Waals surface area contributed by atoms with Crippen molar-refractivity contribution in [2.45, 2.75) is 39.2 Å². The van der Waals surface area contributed by atoms with Crippen LogP contribution in [0, 0.1) is 0 Å². The van der Waals surface area contributed by atoms with Gasteiger partial charge in [0.15, 0.2) is 0 Å². The molecule has 0 aliphatic rings. The van der Waals surface area contributed by atoms with Gasteiger partial charge in [-0.1, -0.05) is 45.9 Å². The Morgan fingerprint density at radius 3 is 2.56 bits per heavy atom. The van der Waals surface area contributed by atoms with Crippen molar-refractivity contribution in [3.8, 4) is 0 Å². The number of allylic oxidation sites excluding steroid dienone is 3. The summed E-state index contributed by atoms with van der Waals surface area (Å²) in [6.45, 7) is 4.16. The lowest BCUT2D eigenvalue weighted by Crippen LogP contribution is -2.03. The van der Waals surface area contributed by atoms with E-state index in [0.29, 0.717) is 12.8 Å². The molecular formula is C13H19IO2. The lowest BCUT2D eigenvalue weighted by atomic mass is 10.1. The average Bonchev–Trinajstić information content (AvgIpc) is 2.26. The molecule has 16 heavy (non-hydrogen) atoms. The fourth-order valence-electron chi connectivity index (χ4n) is 1.28. The Kier molecular flexibility index (Phi) is 9.52. The second kappa shape index (κ2) is 9.78. The number of hydrogen-bond donors (Lipinski definition) is 1. The van der Waals surface area contributed by atoms with Gasteiger partial charge in [-0.3, -0.25) is 4.79 Å². The Hall–Kier alpha value is -0.420. The summed E-state index contributed by atoms with van der Waals surface area (Å²) in [6, 6.07) is 0. The first kappa shape index (κ1) is 15.6. The van der Waals surface area contributed by atoms with Crippen LogP contribution in [0.2, 0.25) is 0 Å². The van der Waals surface area contributed by atoms with Crippen LogP contribution < -0.4 is 0 Å². The van der Waals surface area contributed by atoms with Gasteiger partial charge in [-0.15, -0.1) is 0 Å². The first-order valence-electron chi connectivity index (χ1n) is 5.30. The predicted octanol–water partition coefficient (Wildman–Crippen LogP) is 3.56. The molecule has 0 aromatic heterocycles. The van der Waals surface area contributed by atoms with Crippen molar-refractivity contribution in [1.82, 2.24) is 0 Å². The largest absolute Gasteiger partial charge is 0.392 e. The van der Waals surface area contributed by atoms with Gasteiger partial charge in [0.05, 0.1) is 6.10 Å². The molecule has 0 amide bonds. The van der Waals surface area contributed by atoms with Gasteiger partial charge in [0.1, 0.15) is 6.29 Å². The number of hydrogen-bond acceptors (Lipinski definition) is 2. The van der Waals surface area contributed by atoms with Gasteiger partial charge in [-0.2, -0.15) is 0 Å². The van der Waals surface area contributed by atoms with E-state index in [2.05, 4.69) is 46.6 Å². The van der Waals surface area contributed by atoms with E-state index in [1.807, 2.05) is 0 Å². The summed E-state index contributed by atoms with van der Waals surface area (Å²) < 4.78 is 2.07. The van der Waals surface area contributed by atoms with Crippen LogP contribution in [-0.4, -0.2) is 17.5 Å². The highest BCUT2D eigenvalue weighted by Crippen LogP contribution is 2.13. The molecule has 3 heteroatoms. The Morgan fingerprint density at radius 1 is 1.31 bits per heavy atom. The number of rotatable bonds is 7. The summed E-state index contributed by atoms with van der Waals surface area (Å²) in [7, 11) is 0. The van der Waals surface area contributed by atoms with E-state index in [9.17, 15) is 9.90 Å². The third-order valence-electron chi connectivity index (χ3n) is 2.11. The van der Waals surface area contributed by atoms with Gasteiger partial charge in [0, 0.05) is 0 Å². The second-order valence-corrected chi connectivity index (χ2v) is 4.49. The number of carbonyl (C=O) groups excluding carboxylic acids is 1. The van der Waals surface area contributed by atoms with Crippen LogP contribution in [-0.2, 0) is 4.79 Å². The van der Waals surface area contributed by atoms with Gasteiger partial charge in [-0.25, -0.2) is 0 Å². The number of aldehydes is 1. The predicted molar refractivity (Wildman–Crippen MR) is 76.6 cm³/mol. The van der Waals surface area contributed by atoms with Crippen molar-refractivity contribution in [1.29, 1.82) is 0 Å². The molecule has 1 atom stereocenters. The van der Waals surface area contributed by atoms with E-state index in [4.69, 9.17) is 0 Å². The molecule has 0 unspecified atom stereocenters. The molecule has 0 fully saturated rings. The molecule has 0 aromatic rings. The summed E-state index contributed by atoms with van der Waals surface area (Å²) in [4.78, 5) is 10.0. The molecule has 0 heterocycles. The number of aliphatic hydroxyl groups is 1. The van der Waals surface area contributed by atoms with Gasteiger partial charge in [0.2, 0.25) is 0 Å². The number of aliphatic hydroxyl groups excluding tert-OH is 1. The zero-order chi connectivity index (χ0) is 12.4. The molecular weight excluding hydrogens is 315 g/mol. The molecule has 0 saturated heterocycles. The molecule has 0 aromatic carbocycles. The van der Waals surface area contributed by atoms with E-state index in [1.54, 1.807) is 6.08 Å². The van der Waals surface area contributed by atoms with E-state index >= 15 is 0 Å². The maximum Gasteiger partial charge on any atom is 0.142 e. The van der Waals surface area contributed by atoms with Crippen LogP contribution in [0.3, 0.4) is 0 Å². The highest BCUT2D eigenvalue weighted by molar-refractivity contribution is 14.1. The van der Waals surface area contributed by atoms with E-state index in [1.165, 1.54) is 17.2 Å². The van der Waals surface area contributed by atoms with Gasteiger partial charge < -0.3 is 5.11 Å². The molecule has 90 valence electrons. The standard InChI is InChI=1S/C13H19IO2/c1-11(9-12(2)10-14)6-7-13(16)5-3-4-8-15/h3-4,6,8,10,13,16H,5,7,9H2,1-2H3/b4-3+,11-6+,12-10+/t13-/m1/s1. The van der Waals surface area contributed by atoms with Crippen LogP contribution in [0.1, 0.15) is 33.1 Å². The van der Waals surface area contributed by atoms with E-state index < -0.39 is 6.10 Å². The normalized spacial score (nSPS) is 15.5. The molecule has 0 aliphatic heterocycles. The van der Waals surface area contributed by atoms with E-state index in [0.717, 1.165) is 12.7 Å². The monoisotopic (exact) mass is 334 g/mol. The molecule has 0 bridgehead atoms. The summed E-state index contributed by atoms with van der Waals surface area (Å²) in [5.74, 6) is 0. The maximum atomic E-state index is 10.0. The zero-order valence-electron chi connectivity index (χ0n) is 9.82. The minimum atomic E-state index is -0.393. The highest BCUT2D eigenvalue weighted by atomic mass is 127. The Balaban J connectivity index is 3.96. The molecule has 2 nitrogen and oxygen atoms in total. The van der Waals surface area contributed by atoms with Crippen LogP contribution >= 0.6 is 22.6 Å². The zero-order valence-corrected chi connectivity index (χ0v) is 12.0. The summed E-state index contributed by atoms with van der Waals surface area (Å²) >= 11 is 2.23. The minimum absolute atomic E-state index is 0.393. The fourth-order valence-corrected chi connectivity index (χ4v) is 1.50. The lowest BCUT2D eigenvalue weighted by molar-refractivity contribution is -0.104. The first-order chi connectivity index (χ1) is 7.60. The molecule has 0 spiro atoms.